The predicted octanol–water partition coefficient (Wildman–Crippen LogP) is 16.2. The molecule has 0 spiro atoms. The van der Waals surface area contributed by atoms with Crippen molar-refractivity contribution >= 4 is 26.0 Å². The lowest BCUT2D eigenvalue weighted by Gasteiger charge is -2.19. The van der Waals surface area contributed by atoms with Gasteiger partial charge in [0.1, 0.15) is 16.3 Å². The fraction of sp³-hybridized carbons (Fsp3) is 0.764. The number of benzene rings is 2. The maximum absolute atomic E-state index is 13.5. The SMILES string of the molecule is CCCCCCCCCCCCCCCCCCOc1ccc(C(CC(=O)CC(c2ccc(OCCCCCCCCCCCCCCCCCC)c(OC)c2)S(=O)(=O)O)S(=O)(=O)O)cc1OC.N.N. The molecule has 2 aromatic rings. The quantitative estimate of drug-likeness (QED) is 0.0357. The molecule has 0 aliphatic rings. The summed E-state index contributed by atoms with van der Waals surface area (Å²) in [4.78, 5) is 13.5. The van der Waals surface area contributed by atoms with E-state index in [0.29, 0.717) is 24.7 Å². The average Bonchev–Trinajstić information content (AvgIpc) is 3.31. The number of unbranched alkanes of at least 4 members (excludes halogenated alkanes) is 30. The van der Waals surface area contributed by atoms with Crippen LogP contribution in [0.15, 0.2) is 36.4 Å². The number of ketones is 1. The summed E-state index contributed by atoms with van der Waals surface area (Å²) in [5, 5.41) is -3.43. The van der Waals surface area contributed by atoms with Gasteiger partial charge in [-0.2, -0.15) is 16.8 Å². The largest absolute Gasteiger partial charge is 0.493 e. The van der Waals surface area contributed by atoms with Crippen LogP contribution in [0.5, 0.6) is 23.0 Å². The van der Waals surface area contributed by atoms with E-state index < -0.39 is 49.4 Å². The molecule has 13 nitrogen and oxygen atoms in total. The number of carbonyl (C=O) groups excluding carboxylic acids is 1. The molecule has 0 fully saturated rings. The minimum atomic E-state index is -4.84. The Morgan fingerprint density at radius 1 is 0.414 bits per heavy atom. The molecular weight excluding hydrogens is 929 g/mol. The van der Waals surface area contributed by atoms with Crippen molar-refractivity contribution in [2.24, 2.45) is 0 Å². The Labute approximate surface area is 426 Å². The van der Waals surface area contributed by atoms with Crippen molar-refractivity contribution < 1.29 is 49.7 Å². The van der Waals surface area contributed by atoms with E-state index in [-0.39, 0.29) is 34.9 Å². The fourth-order valence-corrected chi connectivity index (χ4v) is 10.7. The van der Waals surface area contributed by atoms with Gasteiger partial charge in [0, 0.05) is 12.8 Å². The minimum absolute atomic E-state index is 0. The topological polar surface area (TPSA) is 233 Å². The van der Waals surface area contributed by atoms with E-state index in [4.69, 9.17) is 18.9 Å². The Kier molecular flexibility index (Phi) is 39.8. The standard InChI is InChI=1S/C55H94O11S2.2H3N/c1-5-7-9-11-13-15-17-19-21-23-25-27-29-31-33-35-41-65-50-39-37-47(43-52(50)63-3)54(67(57,58)59)45-49(56)46-55(68(60,61)62)48-38-40-51(53(44-48)64-4)66-42-36-34-32-30-28-26-24-22-20-18-16-14-12-10-8-6-2;;/h37-40,43-44,54-55H,5-36,41-42,45-46H2,1-4H3,(H,57,58,59)(H,60,61,62);2*1H3. The number of hydrogen-bond acceptors (Lipinski definition) is 11. The van der Waals surface area contributed by atoms with Gasteiger partial charge < -0.3 is 31.2 Å². The Balaban J connectivity index is 0.0000238. The maximum Gasteiger partial charge on any atom is 0.272 e. The van der Waals surface area contributed by atoms with Crippen LogP contribution in [-0.2, 0) is 25.0 Å². The zero-order chi connectivity index (χ0) is 49.7. The molecule has 0 radical (unpaired) electrons. The first-order chi connectivity index (χ1) is 32.8. The first-order valence-corrected chi connectivity index (χ1v) is 29.9. The number of methoxy groups -OCH3 is 2. The third kappa shape index (κ3) is 30.8. The van der Waals surface area contributed by atoms with E-state index in [0.717, 1.165) is 38.5 Å². The van der Waals surface area contributed by atoms with Crippen LogP contribution in [0.1, 0.15) is 254 Å². The van der Waals surface area contributed by atoms with Gasteiger partial charge in [-0.3, -0.25) is 13.9 Å². The van der Waals surface area contributed by atoms with Crippen LogP contribution < -0.4 is 31.2 Å². The number of rotatable bonds is 46. The third-order valence-electron chi connectivity index (χ3n) is 13.2. The van der Waals surface area contributed by atoms with Crippen molar-refractivity contribution in [3.63, 3.8) is 0 Å². The Morgan fingerprint density at radius 3 is 0.886 bits per heavy atom. The third-order valence-corrected chi connectivity index (χ3v) is 15.5. The van der Waals surface area contributed by atoms with E-state index in [1.54, 1.807) is 12.1 Å². The van der Waals surface area contributed by atoms with Crippen LogP contribution >= 0.6 is 0 Å². The lowest BCUT2D eigenvalue weighted by atomic mass is 10.0. The Hall–Kier alpha value is -2.95. The van der Waals surface area contributed by atoms with Crippen LogP contribution in [-0.4, -0.2) is 59.2 Å². The predicted molar refractivity (Wildman–Crippen MR) is 289 cm³/mol. The number of carbonyl (C=O) groups is 1. The normalized spacial score (nSPS) is 12.4. The van der Waals surface area contributed by atoms with Crippen LogP contribution in [0.2, 0.25) is 0 Å². The van der Waals surface area contributed by atoms with E-state index >= 15 is 0 Å². The number of Topliss-reactive ketones (excluding diaryl/α,β-unsaturated/α-hetero) is 1. The molecule has 2 unspecified atom stereocenters. The molecule has 0 amide bonds. The van der Waals surface area contributed by atoms with E-state index in [2.05, 4.69) is 13.8 Å². The van der Waals surface area contributed by atoms with Crippen molar-refractivity contribution in [1.29, 1.82) is 0 Å². The second-order valence-electron chi connectivity index (χ2n) is 19.1. The van der Waals surface area contributed by atoms with Gasteiger partial charge in [-0.1, -0.05) is 219 Å². The van der Waals surface area contributed by atoms with Crippen LogP contribution in [0.4, 0.5) is 0 Å². The van der Waals surface area contributed by atoms with Gasteiger partial charge in [-0.05, 0) is 48.2 Å². The molecule has 0 aliphatic heterocycles. The number of ether oxygens (including phenoxy) is 4. The lowest BCUT2D eigenvalue weighted by molar-refractivity contribution is -0.119. The highest BCUT2D eigenvalue weighted by Gasteiger charge is 2.34. The van der Waals surface area contributed by atoms with Crippen LogP contribution in [0.25, 0.3) is 0 Å². The summed E-state index contributed by atoms with van der Waals surface area (Å²) in [5.74, 6) is 0.465. The summed E-state index contributed by atoms with van der Waals surface area (Å²) in [7, 11) is -6.86. The molecule has 2 rings (SSSR count). The maximum atomic E-state index is 13.5. The van der Waals surface area contributed by atoms with Crippen LogP contribution in [0, 0.1) is 0 Å². The first-order valence-electron chi connectivity index (χ1n) is 26.9. The smallest absolute Gasteiger partial charge is 0.272 e. The van der Waals surface area contributed by atoms with Gasteiger partial charge in [-0.25, -0.2) is 0 Å². The molecule has 15 heteroatoms. The molecule has 0 saturated heterocycles. The molecular formula is C55H100N2O11S2. The highest BCUT2D eigenvalue weighted by molar-refractivity contribution is 7.86. The van der Waals surface area contributed by atoms with Gasteiger partial charge >= 0.3 is 0 Å². The van der Waals surface area contributed by atoms with Crippen molar-refractivity contribution in [3.8, 4) is 23.0 Å². The molecule has 0 aliphatic carbocycles. The zero-order valence-electron chi connectivity index (χ0n) is 44.4. The summed E-state index contributed by atoms with van der Waals surface area (Å²) < 4.78 is 94.1. The summed E-state index contributed by atoms with van der Waals surface area (Å²) in [6.07, 6.45) is 39.1. The summed E-state index contributed by atoms with van der Waals surface area (Å²) in [5.41, 5.74) is 0.145. The van der Waals surface area contributed by atoms with E-state index in [1.165, 1.54) is 205 Å². The fourth-order valence-electron chi connectivity index (χ4n) is 8.96. The van der Waals surface area contributed by atoms with Gasteiger partial charge in [0.2, 0.25) is 0 Å². The highest BCUT2D eigenvalue weighted by Crippen LogP contribution is 2.38. The molecule has 2 aromatic carbocycles. The van der Waals surface area contributed by atoms with Gasteiger partial charge in [0.25, 0.3) is 20.2 Å². The van der Waals surface area contributed by atoms with Crippen molar-refractivity contribution in [2.75, 3.05) is 27.4 Å². The molecule has 2 atom stereocenters. The minimum Gasteiger partial charge on any atom is -0.493 e. The molecule has 0 heterocycles. The number of hydrogen-bond donors (Lipinski definition) is 4. The molecule has 0 bridgehead atoms. The van der Waals surface area contributed by atoms with Crippen LogP contribution in [0.3, 0.4) is 0 Å². The molecule has 8 N–H and O–H groups in total. The Bertz CT molecular complexity index is 1700. The van der Waals surface area contributed by atoms with E-state index in [1.807, 2.05) is 0 Å². The molecule has 0 aromatic heterocycles. The van der Waals surface area contributed by atoms with Gasteiger partial charge in [0.15, 0.2) is 23.0 Å². The van der Waals surface area contributed by atoms with Gasteiger partial charge in [-0.15, -0.1) is 0 Å². The second-order valence-corrected chi connectivity index (χ2v) is 22.3. The lowest BCUT2D eigenvalue weighted by Crippen LogP contribution is -2.21. The van der Waals surface area contributed by atoms with Crippen molar-refractivity contribution in [2.45, 2.75) is 243 Å². The average molecular weight is 1030 g/mol. The van der Waals surface area contributed by atoms with Crippen molar-refractivity contribution in [1.82, 2.24) is 12.3 Å². The molecule has 70 heavy (non-hydrogen) atoms. The first kappa shape index (κ1) is 67.0. The van der Waals surface area contributed by atoms with Crippen molar-refractivity contribution in [3.05, 3.63) is 47.5 Å². The van der Waals surface area contributed by atoms with Gasteiger partial charge in [0.05, 0.1) is 27.4 Å². The molecule has 408 valence electrons. The summed E-state index contributed by atoms with van der Waals surface area (Å²) in [6.45, 7) is 5.41. The highest BCUT2D eigenvalue weighted by atomic mass is 32.2. The molecule has 0 saturated carbocycles. The summed E-state index contributed by atoms with van der Waals surface area (Å²) >= 11 is 0. The summed E-state index contributed by atoms with van der Waals surface area (Å²) in [6, 6.07) is 8.78. The Morgan fingerprint density at radius 2 is 0.657 bits per heavy atom. The second kappa shape index (κ2) is 41.5. The monoisotopic (exact) mass is 1030 g/mol. The zero-order valence-corrected chi connectivity index (χ0v) is 46.0. The van der Waals surface area contributed by atoms with E-state index in [9.17, 15) is 30.7 Å².